The molecule has 1 heteroatoms. The second kappa shape index (κ2) is 13.0. The van der Waals surface area contributed by atoms with Crippen molar-refractivity contribution in [2.75, 3.05) is 4.90 Å². The van der Waals surface area contributed by atoms with Crippen LogP contribution in [0, 0.1) is 20.8 Å². The van der Waals surface area contributed by atoms with Gasteiger partial charge in [0.25, 0.3) is 0 Å². The van der Waals surface area contributed by atoms with Gasteiger partial charge in [-0.3, -0.25) is 0 Å². The van der Waals surface area contributed by atoms with Crippen molar-refractivity contribution in [2.45, 2.75) is 20.8 Å². The van der Waals surface area contributed by atoms with Crippen LogP contribution in [-0.4, -0.2) is 0 Å². The number of fused-ring (bicyclic) bond motifs is 3. The molecular formula is C51H39N. The summed E-state index contributed by atoms with van der Waals surface area (Å²) in [6.45, 7) is 6.66. The van der Waals surface area contributed by atoms with Gasteiger partial charge in [-0.25, -0.2) is 0 Å². The van der Waals surface area contributed by atoms with E-state index >= 15 is 0 Å². The van der Waals surface area contributed by atoms with Crippen LogP contribution in [0.1, 0.15) is 16.7 Å². The third-order valence-electron chi connectivity index (χ3n) is 10.6. The van der Waals surface area contributed by atoms with Crippen molar-refractivity contribution < 1.29 is 0 Å². The summed E-state index contributed by atoms with van der Waals surface area (Å²) in [4.78, 5) is 2.43. The third kappa shape index (κ3) is 5.52. The highest BCUT2D eigenvalue weighted by atomic mass is 15.1. The minimum Gasteiger partial charge on any atom is -0.310 e. The second-order valence-electron chi connectivity index (χ2n) is 13.9. The molecule has 0 saturated carbocycles. The van der Waals surface area contributed by atoms with E-state index in [2.05, 4.69) is 208 Å². The van der Waals surface area contributed by atoms with Crippen molar-refractivity contribution in [1.82, 2.24) is 0 Å². The number of rotatable bonds is 6. The molecule has 9 rings (SSSR count). The Labute approximate surface area is 306 Å². The third-order valence-corrected chi connectivity index (χ3v) is 10.6. The van der Waals surface area contributed by atoms with Crippen molar-refractivity contribution in [1.29, 1.82) is 0 Å². The van der Waals surface area contributed by atoms with Crippen LogP contribution < -0.4 is 4.90 Å². The van der Waals surface area contributed by atoms with E-state index in [0.29, 0.717) is 0 Å². The molecule has 0 spiro atoms. The number of benzene rings is 9. The predicted octanol–water partition coefficient (Wildman–Crippen LogP) is 14.5. The van der Waals surface area contributed by atoms with E-state index in [4.69, 9.17) is 0 Å². The molecule has 248 valence electrons. The lowest BCUT2D eigenvalue weighted by Crippen LogP contribution is -2.10. The minimum atomic E-state index is 1.11. The highest BCUT2D eigenvalue weighted by molar-refractivity contribution is 6.02. The Morgan fingerprint density at radius 3 is 0.923 bits per heavy atom. The van der Waals surface area contributed by atoms with Gasteiger partial charge in [0, 0.05) is 17.1 Å². The van der Waals surface area contributed by atoms with Crippen LogP contribution in [0.15, 0.2) is 182 Å². The van der Waals surface area contributed by atoms with Crippen LogP contribution in [0.25, 0.3) is 65.7 Å². The lowest BCUT2D eigenvalue weighted by atomic mass is 9.92. The van der Waals surface area contributed by atoms with Crippen LogP contribution in [0.5, 0.6) is 0 Å². The van der Waals surface area contributed by atoms with Gasteiger partial charge in [-0.2, -0.15) is 0 Å². The van der Waals surface area contributed by atoms with Gasteiger partial charge in [0.15, 0.2) is 0 Å². The number of nitrogens with zero attached hydrogens (tertiary/aromatic N) is 1. The first-order valence-corrected chi connectivity index (χ1v) is 18.1. The molecule has 52 heavy (non-hydrogen) atoms. The molecule has 0 bridgehead atoms. The quantitative estimate of drug-likeness (QED) is 0.171. The van der Waals surface area contributed by atoms with Crippen molar-refractivity contribution in [3.05, 3.63) is 199 Å². The van der Waals surface area contributed by atoms with Crippen molar-refractivity contribution in [3.8, 4) is 33.4 Å². The molecule has 0 fully saturated rings. The molecule has 9 aromatic carbocycles. The van der Waals surface area contributed by atoms with E-state index in [1.54, 1.807) is 0 Å². The molecule has 0 heterocycles. The molecule has 0 aliphatic rings. The summed E-state index contributed by atoms with van der Waals surface area (Å²) in [5.74, 6) is 0. The monoisotopic (exact) mass is 665 g/mol. The average Bonchev–Trinajstić information content (AvgIpc) is 3.18. The summed E-state index contributed by atoms with van der Waals surface area (Å²) < 4.78 is 0. The molecule has 9 aromatic rings. The van der Waals surface area contributed by atoms with E-state index in [-0.39, 0.29) is 0 Å². The fraction of sp³-hybridized carbons (Fsp3) is 0.0588. The van der Waals surface area contributed by atoms with Gasteiger partial charge in [-0.05, 0) is 140 Å². The van der Waals surface area contributed by atoms with Gasteiger partial charge in [-0.15, -0.1) is 0 Å². The summed E-state index contributed by atoms with van der Waals surface area (Å²) in [6.07, 6.45) is 0. The molecule has 0 aliphatic carbocycles. The van der Waals surface area contributed by atoms with E-state index in [9.17, 15) is 0 Å². The Bertz CT molecular complexity index is 2480. The van der Waals surface area contributed by atoms with Crippen LogP contribution in [0.2, 0.25) is 0 Å². The Morgan fingerprint density at radius 1 is 0.288 bits per heavy atom. The van der Waals surface area contributed by atoms with Gasteiger partial charge in [0.05, 0.1) is 0 Å². The van der Waals surface area contributed by atoms with Crippen molar-refractivity contribution in [3.63, 3.8) is 0 Å². The average molecular weight is 666 g/mol. The summed E-state index contributed by atoms with van der Waals surface area (Å²) in [7, 11) is 0. The van der Waals surface area contributed by atoms with Crippen molar-refractivity contribution in [2.24, 2.45) is 0 Å². The minimum absolute atomic E-state index is 1.11. The summed E-state index contributed by atoms with van der Waals surface area (Å²) >= 11 is 0. The Hall–Kier alpha value is -6.44. The first kappa shape index (κ1) is 31.5. The van der Waals surface area contributed by atoms with E-state index in [1.165, 1.54) is 82.4 Å². The summed E-state index contributed by atoms with van der Waals surface area (Å²) in [6, 6.07) is 66.7. The van der Waals surface area contributed by atoms with Gasteiger partial charge in [0.2, 0.25) is 0 Å². The second-order valence-corrected chi connectivity index (χ2v) is 13.9. The molecule has 0 saturated heterocycles. The number of aryl methyl sites for hydroxylation is 3. The molecular weight excluding hydrogens is 627 g/mol. The van der Waals surface area contributed by atoms with Gasteiger partial charge >= 0.3 is 0 Å². The van der Waals surface area contributed by atoms with Crippen LogP contribution >= 0.6 is 0 Å². The topological polar surface area (TPSA) is 3.24 Å². The zero-order valence-electron chi connectivity index (χ0n) is 29.8. The number of hydrogen-bond donors (Lipinski definition) is 0. The van der Waals surface area contributed by atoms with Gasteiger partial charge in [-0.1, -0.05) is 146 Å². The first-order chi connectivity index (χ1) is 25.5. The van der Waals surface area contributed by atoms with Crippen LogP contribution in [0.4, 0.5) is 17.1 Å². The van der Waals surface area contributed by atoms with E-state index in [0.717, 1.165) is 17.1 Å². The maximum absolute atomic E-state index is 2.43. The van der Waals surface area contributed by atoms with Crippen LogP contribution in [-0.2, 0) is 0 Å². The molecule has 0 aliphatic heterocycles. The largest absolute Gasteiger partial charge is 0.310 e. The molecule has 0 atom stereocenters. The maximum Gasteiger partial charge on any atom is 0.0467 e. The molecule has 0 aromatic heterocycles. The zero-order chi connectivity index (χ0) is 35.2. The fourth-order valence-electron chi connectivity index (χ4n) is 8.14. The Kier molecular flexibility index (Phi) is 7.90. The van der Waals surface area contributed by atoms with Gasteiger partial charge in [0.1, 0.15) is 0 Å². The predicted molar refractivity (Wildman–Crippen MR) is 224 cm³/mol. The lowest BCUT2D eigenvalue weighted by molar-refractivity contribution is 1.28. The normalized spacial score (nSPS) is 11.4. The summed E-state index contributed by atoms with van der Waals surface area (Å²) in [5, 5.41) is 7.57. The van der Waals surface area contributed by atoms with Crippen LogP contribution in [0.3, 0.4) is 0 Å². The van der Waals surface area contributed by atoms with Gasteiger partial charge < -0.3 is 4.90 Å². The molecule has 0 radical (unpaired) electrons. The molecule has 0 amide bonds. The standard InChI is InChI=1S/C51H39N/c1-34-25-28-37-13-4-7-22-46(37)49(34)40-16-10-19-43(31-40)52(44-20-11-17-41(32-44)50-35(2)26-29-38-14-5-8-23-47(38)50)45-21-12-18-42(33-45)51-36(3)27-30-39-15-6-9-24-48(39)51/h4-33H,1-3H3. The molecule has 0 N–H and O–H groups in total. The summed E-state index contributed by atoms with van der Waals surface area (Å²) in [5.41, 5.74) is 14.6. The smallest absolute Gasteiger partial charge is 0.0467 e. The highest BCUT2D eigenvalue weighted by Gasteiger charge is 2.18. The zero-order valence-corrected chi connectivity index (χ0v) is 29.8. The first-order valence-electron chi connectivity index (χ1n) is 18.1. The Morgan fingerprint density at radius 2 is 0.596 bits per heavy atom. The van der Waals surface area contributed by atoms with Crippen molar-refractivity contribution >= 4 is 49.4 Å². The number of anilines is 3. The Balaban J connectivity index is 1.27. The highest BCUT2D eigenvalue weighted by Crippen LogP contribution is 2.43. The lowest BCUT2D eigenvalue weighted by Gasteiger charge is -2.27. The number of hydrogen-bond acceptors (Lipinski definition) is 1. The fourth-order valence-corrected chi connectivity index (χ4v) is 8.14. The molecule has 0 unspecified atom stereocenters. The molecule has 1 nitrogen and oxygen atoms in total. The maximum atomic E-state index is 2.43. The van der Waals surface area contributed by atoms with E-state index in [1.807, 2.05) is 0 Å². The SMILES string of the molecule is Cc1ccc2ccccc2c1-c1cccc(N(c2cccc(-c3c(C)ccc4ccccc34)c2)c2cccc(-c3c(C)ccc4ccccc34)c2)c1. The van der Waals surface area contributed by atoms with E-state index < -0.39 is 0 Å².